The number of ether oxygens (including phenoxy) is 2. The van der Waals surface area contributed by atoms with Crippen molar-refractivity contribution in [3.05, 3.63) is 0 Å². The van der Waals surface area contributed by atoms with Gasteiger partial charge in [-0.25, -0.2) is 4.79 Å². The molecule has 1 atom stereocenters. The van der Waals surface area contributed by atoms with Crippen LogP contribution in [0.25, 0.3) is 0 Å². The zero-order chi connectivity index (χ0) is 14.3. The molecule has 2 aliphatic heterocycles. The number of hydrogen-bond acceptors (Lipinski definition) is 5. The molecule has 0 aromatic rings. The van der Waals surface area contributed by atoms with Gasteiger partial charge in [0.05, 0.1) is 13.0 Å². The fourth-order valence-electron chi connectivity index (χ4n) is 2.78. The van der Waals surface area contributed by atoms with Crippen LogP contribution in [0.1, 0.15) is 20.8 Å². The van der Waals surface area contributed by atoms with E-state index in [4.69, 9.17) is 9.47 Å². The smallest absolute Gasteiger partial charge is 0.410 e. The van der Waals surface area contributed by atoms with E-state index in [2.05, 4.69) is 5.32 Å². The van der Waals surface area contributed by atoms with E-state index in [9.17, 15) is 9.59 Å². The van der Waals surface area contributed by atoms with E-state index in [-0.39, 0.29) is 23.4 Å². The number of carbonyl (C=O) groups excluding carboxylic acids is 2. The molecule has 6 nitrogen and oxygen atoms in total. The zero-order valence-electron chi connectivity index (χ0n) is 12.0. The second-order valence-electron chi connectivity index (χ2n) is 6.41. The lowest BCUT2D eigenvalue weighted by Gasteiger charge is -2.49. The van der Waals surface area contributed by atoms with Gasteiger partial charge in [0.15, 0.2) is 0 Å². The molecular formula is C13H22N2O4. The highest BCUT2D eigenvalue weighted by Crippen LogP contribution is 2.41. The van der Waals surface area contributed by atoms with Crippen LogP contribution in [0.15, 0.2) is 0 Å². The summed E-state index contributed by atoms with van der Waals surface area (Å²) in [6, 6.07) is 0. The highest BCUT2D eigenvalue weighted by molar-refractivity contribution is 5.76. The summed E-state index contributed by atoms with van der Waals surface area (Å²) in [7, 11) is 1.40. The number of carbonyl (C=O) groups is 2. The van der Waals surface area contributed by atoms with Crippen molar-refractivity contribution < 1.29 is 19.1 Å². The monoisotopic (exact) mass is 270 g/mol. The van der Waals surface area contributed by atoms with E-state index in [0.29, 0.717) is 19.6 Å². The number of nitrogens with one attached hydrogen (secondary N) is 1. The normalized spacial score (nSPS) is 25.1. The van der Waals surface area contributed by atoms with Crippen molar-refractivity contribution in [3.8, 4) is 0 Å². The molecule has 6 heteroatoms. The van der Waals surface area contributed by atoms with Crippen LogP contribution in [0.4, 0.5) is 4.79 Å². The summed E-state index contributed by atoms with van der Waals surface area (Å²) in [6.45, 7) is 7.99. The number of esters is 1. The summed E-state index contributed by atoms with van der Waals surface area (Å²) in [6.07, 6.45) is -0.311. The summed E-state index contributed by atoms with van der Waals surface area (Å²) < 4.78 is 10.1. The van der Waals surface area contributed by atoms with E-state index < -0.39 is 5.60 Å². The minimum absolute atomic E-state index is 0.170. The molecule has 1 N–H and O–H groups in total. The van der Waals surface area contributed by atoms with Gasteiger partial charge in [0.2, 0.25) is 0 Å². The van der Waals surface area contributed by atoms with Gasteiger partial charge in [0, 0.05) is 31.6 Å². The van der Waals surface area contributed by atoms with Crippen LogP contribution in [-0.4, -0.2) is 55.9 Å². The van der Waals surface area contributed by atoms with Crippen LogP contribution < -0.4 is 5.32 Å². The summed E-state index contributed by atoms with van der Waals surface area (Å²) in [4.78, 5) is 25.3. The van der Waals surface area contributed by atoms with Gasteiger partial charge >= 0.3 is 12.1 Å². The Hall–Kier alpha value is -1.30. The van der Waals surface area contributed by atoms with Crippen molar-refractivity contribution in [3.63, 3.8) is 0 Å². The summed E-state index contributed by atoms with van der Waals surface area (Å²) in [5, 5.41) is 3.21. The Kier molecular flexibility index (Phi) is 3.47. The molecule has 2 aliphatic rings. The highest BCUT2D eigenvalue weighted by atomic mass is 16.6. The quantitative estimate of drug-likeness (QED) is 0.707. The molecule has 2 fully saturated rings. The first-order valence-electron chi connectivity index (χ1n) is 6.54. The molecular weight excluding hydrogens is 248 g/mol. The molecule has 108 valence electrons. The van der Waals surface area contributed by atoms with Crippen LogP contribution in [0.3, 0.4) is 0 Å². The van der Waals surface area contributed by atoms with Gasteiger partial charge in [-0.05, 0) is 20.8 Å². The largest absolute Gasteiger partial charge is 0.469 e. The molecule has 1 amide bonds. The molecule has 0 radical (unpaired) electrons. The molecule has 2 saturated heterocycles. The summed E-state index contributed by atoms with van der Waals surface area (Å²) in [5.41, 5.74) is -0.667. The first-order valence-corrected chi connectivity index (χ1v) is 6.54. The highest BCUT2D eigenvalue weighted by Gasteiger charge is 2.56. The van der Waals surface area contributed by atoms with Crippen molar-refractivity contribution in [2.24, 2.45) is 11.3 Å². The molecule has 1 unspecified atom stereocenters. The Morgan fingerprint density at radius 3 is 2.47 bits per heavy atom. The summed E-state index contributed by atoms with van der Waals surface area (Å²) >= 11 is 0. The number of hydrogen-bond donors (Lipinski definition) is 1. The number of rotatable bonds is 1. The van der Waals surface area contributed by atoms with Crippen LogP contribution in [-0.2, 0) is 14.3 Å². The molecule has 0 bridgehead atoms. The second-order valence-corrected chi connectivity index (χ2v) is 6.41. The maximum atomic E-state index is 11.9. The van der Waals surface area contributed by atoms with Gasteiger partial charge in [-0.15, -0.1) is 0 Å². The van der Waals surface area contributed by atoms with Gasteiger partial charge in [0.25, 0.3) is 0 Å². The average molecular weight is 270 g/mol. The third-order valence-electron chi connectivity index (χ3n) is 3.71. The maximum absolute atomic E-state index is 11.9. The maximum Gasteiger partial charge on any atom is 0.410 e. The van der Waals surface area contributed by atoms with E-state index in [1.165, 1.54) is 7.11 Å². The fourth-order valence-corrected chi connectivity index (χ4v) is 2.78. The molecule has 0 aromatic heterocycles. The van der Waals surface area contributed by atoms with Gasteiger partial charge < -0.3 is 19.7 Å². The average Bonchev–Trinajstić information content (AvgIpc) is 2.67. The Bertz CT molecular complexity index is 383. The lowest BCUT2D eigenvalue weighted by Crippen LogP contribution is -2.63. The number of nitrogens with zero attached hydrogens (tertiary/aromatic N) is 1. The van der Waals surface area contributed by atoms with E-state index in [0.717, 1.165) is 6.54 Å². The zero-order valence-corrected chi connectivity index (χ0v) is 12.0. The predicted molar refractivity (Wildman–Crippen MR) is 68.6 cm³/mol. The minimum Gasteiger partial charge on any atom is -0.469 e. The number of amides is 1. The SMILES string of the molecule is COC(=O)C1CNCC12CN(C(=O)OC(C)(C)C)C2. The third kappa shape index (κ3) is 2.68. The van der Waals surface area contributed by atoms with Crippen molar-refractivity contribution in [2.45, 2.75) is 26.4 Å². The first kappa shape index (κ1) is 14.1. The van der Waals surface area contributed by atoms with Crippen LogP contribution in [0, 0.1) is 11.3 Å². The second kappa shape index (κ2) is 4.67. The molecule has 2 heterocycles. The minimum atomic E-state index is -0.491. The lowest BCUT2D eigenvalue weighted by atomic mass is 9.72. The van der Waals surface area contributed by atoms with Gasteiger partial charge in [-0.1, -0.05) is 0 Å². The fraction of sp³-hybridized carbons (Fsp3) is 0.846. The van der Waals surface area contributed by atoms with E-state index in [1.807, 2.05) is 20.8 Å². The van der Waals surface area contributed by atoms with Crippen molar-refractivity contribution >= 4 is 12.1 Å². The molecule has 19 heavy (non-hydrogen) atoms. The van der Waals surface area contributed by atoms with Gasteiger partial charge in [-0.2, -0.15) is 0 Å². The van der Waals surface area contributed by atoms with Gasteiger partial charge in [-0.3, -0.25) is 4.79 Å². The number of likely N-dealkylation sites (tertiary alicyclic amines) is 1. The standard InChI is InChI=1S/C13H22N2O4/c1-12(2,3)19-11(17)15-7-13(8-15)6-14-5-9(13)10(16)18-4/h9,14H,5-8H2,1-4H3. The Morgan fingerprint density at radius 1 is 1.32 bits per heavy atom. The van der Waals surface area contributed by atoms with E-state index in [1.54, 1.807) is 4.90 Å². The Morgan fingerprint density at radius 2 is 1.95 bits per heavy atom. The molecule has 2 rings (SSSR count). The van der Waals surface area contributed by atoms with Crippen LogP contribution >= 0.6 is 0 Å². The molecule has 0 aliphatic carbocycles. The third-order valence-corrected chi connectivity index (χ3v) is 3.71. The van der Waals surface area contributed by atoms with Gasteiger partial charge in [0.1, 0.15) is 5.60 Å². The topological polar surface area (TPSA) is 67.9 Å². The molecule has 0 aromatic carbocycles. The van der Waals surface area contributed by atoms with Crippen molar-refractivity contribution in [1.82, 2.24) is 10.2 Å². The van der Waals surface area contributed by atoms with Crippen LogP contribution in [0.2, 0.25) is 0 Å². The first-order chi connectivity index (χ1) is 8.77. The lowest BCUT2D eigenvalue weighted by molar-refractivity contribution is -0.153. The van der Waals surface area contributed by atoms with Crippen molar-refractivity contribution in [2.75, 3.05) is 33.3 Å². The number of methoxy groups -OCH3 is 1. The van der Waals surface area contributed by atoms with E-state index >= 15 is 0 Å². The van der Waals surface area contributed by atoms with Crippen LogP contribution in [0.5, 0.6) is 0 Å². The van der Waals surface area contributed by atoms with Crippen molar-refractivity contribution in [1.29, 1.82) is 0 Å². The Labute approximate surface area is 113 Å². The molecule has 1 spiro atoms. The Balaban J connectivity index is 1.94. The predicted octanol–water partition coefficient (Wildman–Crippen LogP) is 0.616. The summed E-state index contributed by atoms with van der Waals surface area (Å²) in [5.74, 6) is -0.370. The molecule has 0 saturated carbocycles.